The van der Waals surface area contributed by atoms with E-state index in [0.717, 1.165) is 29.2 Å². The first kappa shape index (κ1) is 20.7. The molecule has 0 aliphatic carbocycles. The molecule has 172 valence electrons. The molecule has 1 aliphatic rings. The molecule has 0 saturated carbocycles. The van der Waals surface area contributed by atoms with Crippen molar-refractivity contribution in [2.75, 3.05) is 11.4 Å². The molecule has 0 unspecified atom stereocenters. The number of anilines is 1. The molecule has 1 atom stereocenters. The van der Waals surface area contributed by atoms with Gasteiger partial charge in [-0.15, -0.1) is 5.10 Å². The standard InChI is InChI=1S/C21H14ClF3N8O/c22-12-2-1-6-33-16(12)8-15(31-33)18-17-13(27-10-28-17)5-7-32(18)20-30-29-19(34-20)14-4-3-11(9-26-14)21(23,24)25/h1-4,6,8-10,18H,5,7H2,(H,27,28)/t18-/m0/s1. The normalized spacial score (nSPS) is 16.2. The van der Waals surface area contributed by atoms with E-state index in [1.54, 1.807) is 29.2 Å². The Morgan fingerprint density at radius 3 is 2.79 bits per heavy atom. The zero-order valence-corrected chi connectivity index (χ0v) is 17.9. The van der Waals surface area contributed by atoms with Crippen molar-refractivity contribution in [3.8, 4) is 11.6 Å². The Hall–Kier alpha value is -3.93. The molecule has 0 radical (unpaired) electrons. The zero-order chi connectivity index (χ0) is 23.4. The van der Waals surface area contributed by atoms with Crippen LogP contribution in [0.1, 0.15) is 28.7 Å². The van der Waals surface area contributed by atoms with E-state index < -0.39 is 17.8 Å². The van der Waals surface area contributed by atoms with Crippen LogP contribution in [0.25, 0.3) is 17.1 Å². The van der Waals surface area contributed by atoms with Gasteiger partial charge in [0.25, 0.3) is 5.89 Å². The quantitative estimate of drug-likeness (QED) is 0.405. The average molecular weight is 487 g/mol. The van der Waals surface area contributed by atoms with Crippen molar-refractivity contribution < 1.29 is 17.6 Å². The highest BCUT2D eigenvalue weighted by Gasteiger charge is 2.36. The van der Waals surface area contributed by atoms with Gasteiger partial charge in [-0.2, -0.15) is 18.3 Å². The monoisotopic (exact) mass is 486 g/mol. The minimum atomic E-state index is -4.48. The number of imidazole rings is 1. The second-order valence-electron chi connectivity index (χ2n) is 7.69. The van der Waals surface area contributed by atoms with Gasteiger partial charge in [-0.25, -0.2) is 9.50 Å². The van der Waals surface area contributed by atoms with Gasteiger partial charge >= 0.3 is 12.2 Å². The average Bonchev–Trinajstić information content (AvgIpc) is 3.57. The summed E-state index contributed by atoms with van der Waals surface area (Å²) >= 11 is 6.34. The molecule has 0 bridgehead atoms. The Bertz CT molecular complexity index is 1490. The molecule has 6 heterocycles. The second kappa shape index (κ2) is 7.55. The van der Waals surface area contributed by atoms with Gasteiger partial charge in [-0.1, -0.05) is 16.7 Å². The Balaban J connectivity index is 1.39. The largest absolute Gasteiger partial charge is 0.417 e. The third-order valence-electron chi connectivity index (χ3n) is 5.64. The van der Waals surface area contributed by atoms with Crippen molar-refractivity contribution in [1.29, 1.82) is 0 Å². The molecule has 5 aromatic rings. The zero-order valence-electron chi connectivity index (χ0n) is 17.2. The summed E-state index contributed by atoms with van der Waals surface area (Å²) in [5.74, 6) is 0.00773. The Labute approximate surface area is 194 Å². The maximum absolute atomic E-state index is 12.8. The number of aromatic nitrogens is 7. The van der Waals surface area contributed by atoms with E-state index >= 15 is 0 Å². The van der Waals surface area contributed by atoms with Crippen molar-refractivity contribution in [3.05, 3.63) is 76.7 Å². The van der Waals surface area contributed by atoms with Crippen LogP contribution in [0.3, 0.4) is 0 Å². The molecule has 6 rings (SSSR count). The number of alkyl halides is 3. The summed E-state index contributed by atoms with van der Waals surface area (Å²) in [6.07, 6.45) is 0.320. The molecule has 5 aromatic heterocycles. The van der Waals surface area contributed by atoms with Crippen LogP contribution in [0.4, 0.5) is 19.2 Å². The summed E-state index contributed by atoms with van der Waals surface area (Å²) < 4.78 is 46.1. The fourth-order valence-corrected chi connectivity index (χ4v) is 4.25. The van der Waals surface area contributed by atoms with Crippen molar-refractivity contribution in [2.45, 2.75) is 18.6 Å². The smallest absolute Gasteiger partial charge is 0.402 e. The molecule has 0 spiro atoms. The van der Waals surface area contributed by atoms with Crippen LogP contribution in [0.2, 0.25) is 5.02 Å². The van der Waals surface area contributed by atoms with E-state index in [9.17, 15) is 13.2 Å². The predicted octanol–water partition coefficient (Wildman–Crippen LogP) is 4.33. The number of hydrogen-bond donors (Lipinski definition) is 1. The lowest BCUT2D eigenvalue weighted by molar-refractivity contribution is -0.137. The van der Waals surface area contributed by atoms with Crippen LogP contribution in [-0.4, -0.2) is 41.3 Å². The van der Waals surface area contributed by atoms with Gasteiger partial charge in [0, 0.05) is 31.1 Å². The highest BCUT2D eigenvalue weighted by molar-refractivity contribution is 6.33. The summed E-state index contributed by atoms with van der Waals surface area (Å²) in [5, 5.41) is 13.4. The lowest BCUT2D eigenvalue weighted by atomic mass is 10.0. The van der Waals surface area contributed by atoms with Crippen LogP contribution in [0.15, 0.2) is 53.5 Å². The van der Waals surface area contributed by atoms with Crippen molar-refractivity contribution in [1.82, 2.24) is 34.8 Å². The third kappa shape index (κ3) is 3.37. The number of rotatable bonds is 3. The Morgan fingerprint density at radius 1 is 1.15 bits per heavy atom. The van der Waals surface area contributed by atoms with Crippen LogP contribution >= 0.6 is 11.6 Å². The van der Waals surface area contributed by atoms with E-state index in [4.69, 9.17) is 16.0 Å². The summed E-state index contributed by atoms with van der Waals surface area (Å²) in [4.78, 5) is 13.3. The highest BCUT2D eigenvalue weighted by Crippen LogP contribution is 2.37. The Morgan fingerprint density at radius 2 is 2.03 bits per heavy atom. The summed E-state index contributed by atoms with van der Waals surface area (Å²) in [7, 11) is 0. The summed E-state index contributed by atoms with van der Waals surface area (Å²) in [5.41, 5.74) is 2.42. The molecule has 1 N–H and O–H groups in total. The lowest BCUT2D eigenvalue weighted by Crippen LogP contribution is -2.36. The second-order valence-corrected chi connectivity index (χ2v) is 8.09. The third-order valence-corrected chi connectivity index (χ3v) is 5.96. The maximum Gasteiger partial charge on any atom is 0.417 e. The summed E-state index contributed by atoms with van der Waals surface area (Å²) in [6, 6.07) is 7.31. The van der Waals surface area contributed by atoms with Crippen LogP contribution < -0.4 is 4.90 Å². The minimum Gasteiger partial charge on any atom is -0.402 e. The minimum absolute atomic E-state index is 0.00773. The molecular weight excluding hydrogens is 473 g/mol. The highest BCUT2D eigenvalue weighted by atomic mass is 35.5. The number of H-pyrrole nitrogens is 1. The number of aromatic amines is 1. The van der Waals surface area contributed by atoms with Crippen molar-refractivity contribution >= 4 is 23.1 Å². The van der Waals surface area contributed by atoms with Gasteiger partial charge < -0.3 is 14.3 Å². The van der Waals surface area contributed by atoms with E-state index in [-0.39, 0.29) is 17.6 Å². The topological polar surface area (TPSA) is 101 Å². The fourth-order valence-electron chi connectivity index (χ4n) is 4.04. The molecule has 13 heteroatoms. The van der Waals surface area contributed by atoms with Crippen LogP contribution in [-0.2, 0) is 12.6 Å². The van der Waals surface area contributed by atoms with Gasteiger partial charge in [-0.3, -0.25) is 4.98 Å². The van der Waals surface area contributed by atoms with Gasteiger partial charge in [-0.05, 0) is 30.3 Å². The molecule has 0 aromatic carbocycles. The van der Waals surface area contributed by atoms with E-state index in [1.165, 1.54) is 6.07 Å². The van der Waals surface area contributed by atoms with Crippen molar-refractivity contribution in [3.63, 3.8) is 0 Å². The van der Waals surface area contributed by atoms with E-state index in [1.807, 2.05) is 11.0 Å². The number of nitrogens with zero attached hydrogens (tertiary/aromatic N) is 7. The number of nitrogens with one attached hydrogen (secondary N) is 1. The summed E-state index contributed by atoms with van der Waals surface area (Å²) in [6.45, 7) is 0.517. The molecule has 0 fully saturated rings. The maximum atomic E-state index is 12.8. The number of fused-ring (bicyclic) bond motifs is 2. The Kier molecular flexibility index (Phi) is 4.59. The first-order valence-corrected chi connectivity index (χ1v) is 10.6. The molecule has 0 amide bonds. The van der Waals surface area contributed by atoms with Crippen LogP contribution in [0, 0.1) is 0 Å². The molecule has 34 heavy (non-hydrogen) atoms. The van der Waals surface area contributed by atoms with Gasteiger partial charge in [0.15, 0.2) is 0 Å². The molecule has 9 nitrogen and oxygen atoms in total. The lowest BCUT2D eigenvalue weighted by Gasteiger charge is -2.32. The molecular formula is C21H14ClF3N8O. The number of pyridine rings is 2. The first-order valence-electron chi connectivity index (χ1n) is 10.2. The van der Waals surface area contributed by atoms with E-state index in [2.05, 4.69) is 30.2 Å². The predicted molar refractivity (Wildman–Crippen MR) is 114 cm³/mol. The van der Waals surface area contributed by atoms with Crippen LogP contribution in [0.5, 0.6) is 0 Å². The van der Waals surface area contributed by atoms with Crippen molar-refractivity contribution in [2.24, 2.45) is 0 Å². The number of hydrogen-bond acceptors (Lipinski definition) is 7. The molecule has 1 aliphatic heterocycles. The fraction of sp³-hybridized carbons (Fsp3) is 0.190. The molecule has 0 saturated heterocycles. The van der Waals surface area contributed by atoms with Gasteiger partial charge in [0.05, 0.1) is 33.8 Å². The number of halogens is 4. The van der Waals surface area contributed by atoms with Gasteiger partial charge in [0.2, 0.25) is 0 Å². The SMILES string of the molecule is FC(F)(F)c1ccc(-c2nnc(N3CCc4[nH]cnc4[C@@H]3c3cc4c(Cl)cccn4n3)o2)nc1. The van der Waals surface area contributed by atoms with Gasteiger partial charge in [0.1, 0.15) is 11.7 Å². The van der Waals surface area contributed by atoms with E-state index in [0.29, 0.717) is 23.7 Å². The first-order chi connectivity index (χ1) is 16.4.